The highest BCUT2D eigenvalue weighted by Gasteiger charge is 2.30. The van der Waals surface area contributed by atoms with Crippen LogP contribution in [-0.2, 0) is 27.3 Å². The third-order valence-electron chi connectivity index (χ3n) is 5.63. The fourth-order valence-corrected chi connectivity index (χ4v) is 4.47. The number of ether oxygens (including phenoxy) is 2. The summed E-state index contributed by atoms with van der Waals surface area (Å²) in [6, 6.07) is 3.89. The summed E-state index contributed by atoms with van der Waals surface area (Å²) in [5.74, 6) is 0.201. The number of hydrogen-bond donors (Lipinski definition) is 0. The van der Waals surface area contributed by atoms with E-state index in [0.29, 0.717) is 24.8 Å². The molecule has 0 saturated carbocycles. The van der Waals surface area contributed by atoms with Gasteiger partial charge in [-0.1, -0.05) is 28.5 Å². The van der Waals surface area contributed by atoms with Gasteiger partial charge in [-0.2, -0.15) is 0 Å². The van der Waals surface area contributed by atoms with Crippen molar-refractivity contribution in [2.45, 2.75) is 96.5 Å². The lowest BCUT2D eigenvalue weighted by molar-refractivity contribution is 0.0206. The number of carbonyl (C=O) groups excluding carboxylic acids is 1. The van der Waals surface area contributed by atoms with Gasteiger partial charge < -0.3 is 18.9 Å². The molecule has 0 radical (unpaired) electrons. The third-order valence-corrected chi connectivity index (χ3v) is 7.33. The molecule has 0 bridgehead atoms. The fraction of sp³-hybridized carbons (Fsp3) is 0.731. The number of pyridine rings is 1. The van der Waals surface area contributed by atoms with Gasteiger partial charge in [0.25, 0.3) is 0 Å². The van der Waals surface area contributed by atoms with Crippen LogP contribution >= 0.6 is 11.6 Å². The molecule has 1 aliphatic rings. The molecule has 1 aromatic heterocycles. The lowest BCUT2D eigenvalue weighted by atomic mass is 9.96. The Morgan fingerprint density at radius 1 is 1.31 bits per heavy atom. The second kappa shape index (κ2) is 13.8. The number of halogens is 1. The first-order chi connectivity index (χ1) is 16.3. The van der Waals surface area contributed by atoms with Crippen molar-refractivity contribution in [1.82, 2.24) is 9.88 Å². The summed E-state index contributed by atoms with van der Waals surface area (Å²) in [7, 11) is 0. The maximum absolute atomic E-state index is 12.4. The summed E-state index contributed by atoms with van der Waals surface area (Å²) >= 11 is 4.95. The minimum atomic E-state index is -1.27. The molecule has 2 heterocycles. The van der Waals surface area contributed by atoms with Gasteiger partial charge in [-0.05, 0) is 91.2 Å². The summed E-state index contributed by atoms with van der Waals surface area (Å²) in [6.45, 7) is 13.3. The molecule has 9 heteroatoms. The van der Waals surface area contributed by atoms with Crippen LogP contribution < -0.4 is 0 Å². The zero-order valence-corrected chi connectivity index (χ0v) is 23.7. The van der Waals surface area contributed by atoms with Gasteiger partial charge in [-0.25, -0.2) is 9.78 Å². The smallest absolute Gasteiger partial charge is 0.410 e. The van der Waals surface area contributed by atoms with Crippen molar-refractivity contribution >= 4 is 35.3 Å². The lowest BCUT2D eigenvalue weighted by Gasteiger charge is -2.24. The maximum Gasteiger partial charge on any atom is 0.410 e. The highest BCUT2D eigenvalue weighted by Crippen LogP contribution is 2.22. The Labute approximate surface area is 219 Å². The number of likely N-dealkylation sites (tertiary alicyclic amines) is 1. The number of aryl methyl sites for hydroxylation is 1. The van der Waals surface area contributed by atoms with Crippen LogP contribution in [0.5, 0.6) is 0 Å². The van der Waals surface area contributed by atoms with E-state index >= 15 is 0 Å². The molecule has 1 fully saturated rings. The normalized spacial score (nSPS) is 18.7. The number of nitrogens with zero attached hydrogens (tertiary/aromatic N) is 3. The van der Waals surface area contributed by atoms with E-state index in [1.165, 1.54) is 0 Å². The van der Waals surface area contributed by atoms with Gasteiger partial charge in [0.1, 0.15) is 26.9 Å². The van der Waals surface area contributed by atoms with Crippen molar-refractivity contribution in [3.05, 3.63) is 29.0 Å². The van der Waals surface area contributed by atoms with Crippen LogP contribution in [-0.4, -0.2) is 62.9 Å². The lowest BCUT2D eigenvalue weighted by Crippen LogP contribution is -2.36. The zero-order chi connectivity index (χ0) is 26.1. The summed E-state index contributed by atoms with van der Waals surface area (Å²) in [5, 5.41) is 0.534. The SMILES string of the molecule is CC(C)(C)OC(=O)N1CC[C@@H](OCCCCC(C=N[S+]([O-])C(C)(C)C)CCc2cccnc2Cl)C1. The molecule has 7 nitrogen and oxygen atoms in total. The molecule has 0 N–H and O–H groups in total. The van der Waals surface area contributed by atoms with Gasteiger partial charge in [0.05, 0.1) is 18.9 Å². The highest BCUT2D eigenvalue weighted by molar-refractivity contribution is 7.91. The van der Waals surface area contributed by atoms with Gasteiger partial charge in [0.15, 0.2) is 0 Å². The first kappa shape index (κ1) is 29.9. The summed E-state index contributed by atoms with van der Waals surface area (Å²) < 4.78 is 27.9. The number of unbranched alkanes of at least 4 members (excludes halogenated alkanes) is 1. The van der Waals surface area contributed by atoms with E-state index in [2.05, 4.69) is 9.38 Å². The molecule has 0 spiro atoms. The van der Waals surface area contributed by atoms with Crippen molar-refractivity contribution in [3.63, 3.8) is 0 Å². The third kappa shape index (κ3) is 11.5. The van der Waals surface area contributed by atoms with Crippen molar-refractivity contribution in [1.29, 1.82) is 0 Å². The van der Waals surface area contributed by atoms with Crippen molar-refractivity contribution in [2.24, 2.45) is 10.3 Å². The Bertz CT molecular complexity index is 826. The van der Waals surface area contributed by atoms with E-state index in [9.17, 15) is 9.35 Å². The molecule has 0 aromatic carbocycles. The van der Waals surface area contributed by atoms with E-state index in [0.717, 1.165) is 44.1 Å². The van der Waals surface area contributed by atoms with E-state index in [1.807, 2.05) is 59.9 Å². The summed E-state index contributed by atoms with van der Waals surface area (Å²) in [4.78, 5) is 18.1. The largest absolute Gasteiger partial charge is 0.591 e. The number of carbonyl (C=O) groups is 1. The molecule has 1 amide bonds. The van der Waals surface area contributed by atoms with Gasteiger partial charge in [-0.15, -0.1) is 0 Å². The van der Waals surface area contributed by atoms with Crippen LogP contribution in [0.2, 0.25) is 5.15 Å². The number of aromatic nitrogens is 1. The van der Waals surface area contributed by atoms with Crippen LogP contribution in [0.4, 0.5) is 4.79 Å². The van der Waals surface area contributed by atoms with Gasteiger partial charge in [0.2, 0.25) is 0 Å². The standard InChI is InChI=1S/C26H42ClN3O4S/c1-25(2,3)34-24(31)30-16-14-22(19-30)33-17-8-7-10-20(18-29-35(32)26(4,5)6)12-13-21-11-9-15-28-23(21)27/h9,11,15,18,20,22H,7-8,10,12-14,16-17,19H2,1-6H3/t20?,22-,35?/m1/s1. The average Bonchev–Trinajstić information content (AvgIpc) is 3.23. The van der Waals surface area contributed by atoms with Crippen LogP contribution in [0.25, 0.3) is 0 Å². The van der Waals surface area contributed by atoms with Crippen LogP contribution in [0.3, 0.4) is 0 Å². The molecular weight excluding hydrogens is 486 g/mol. The van der Waals surface area contributed by atoms with E-state index in [4.69, 9.17) is 21.1 Å². The van der Waals surface area contributed by atoms with E-state index in [1.54, 1.807) is 11.1 Å². The predicted octanol–water partition coefficient (Wildman–Crippen LogP) is 6.01. The summed E-state index contributed by atoms with van der Waals surface area (Å²) in [5.41, 5.74) is 0.529. The zero-order valence-electron chi connectivity index (χ0n) is 22.1. The van der Waals surface area contributed by atoms with E-state index < -0.39 is 17.0 Å². The van der Waals surface area contributed by atoms with Crippen LogP contribution in [0.15, 0.2) is 22.7 Å². The molecule has 0 aliphatic carbocycles. The van der Waals surface area contributed by atoms with E-state index in [-0.39, 0.29) is 22.9 Å². The minimum Gasteiger partial charge on any atom is -0.591 e. The quantitative estimate of drug-likeness (QED) is 0.152. The monoisotopic (exact) mass is 527 g/mol. The molecule has 1 aromatic rings. The molecule has 198 valence electrons. The highest BCUT2D eigenvalue weighted by atomic mass is 35.5. The second-order valence-corrected chi connectivity index (χ2v) is 13.4. The molecule has 2 rings (SSSR count). The van der Waals surface area contributed by atoms with Crippen molar-refractivity contribution in [3.8, 4) is 0 Å². The Hall–Kier alpha value is -1.35. The molecule has 1 saturated heterocycles. The Morgan fingerprint density at radius 3 is 2.71 bits per heavy atom. The number of hydrogen-bond acceptors (Lipinski definition) is 6. The fourth-order valence-electron chi connectivity index (χ4n) is 3.65. The molecule has 1 aliphatic heterocycles. The first-order valence-electron chi connectivity index (χ1n) is 12.5. The van der Waals surface area contributed by atoms with Crippen LogP contribution in [0, 0.1) is 5.92 Å². The average molecular weight is 528 g/mol. The minimum absolute atomic E-state index is 0.0572. The molecule has 35 heavy (non-hydrogen) atoms. The Balaban J connectivity index is 1.77. The number of rotatable bonds is 11. The molecule has 2 unspecified atom stereocenters. The number of amides is 1. The van der Waals surface area contributed by atoms with Gasteiger partial charge >= 0.3 is 6.09 Å². The molecular formula is C26H42ClN3O4S. The maximum atomic E-state index is 12.4. The topological polar surface area (TPSA) is 87.1 Å². The Kier molecular flexibility index (Phi) is 11.8. The van der Waals surface area contributed by atoms with Crippen molar-refractivity contribution < 1.29 is 18.8 Å². The first-order valence-corrected chi connectivity index (χ1v) is 14.0. The van der Waals surface area contributed by atoms with Crippen LogP contribution in [0.1, 0.15) is 79.2 Å². The second-order valence-electron chi connectivity index (χ2n) is 11.1. The van der Waals surface area contributed by atoms with Gasteiger partial charge in [-0.3, -0.25) is 0 Å². The summed E-state index contributed by atoms with van der Waals surface area (Å²) in [6.07, 6.45) is 8.66. The predicted molar refractivity (Wildman–Crippen MR) is 143 cm³/mol. The van der Waals surface area contributed by atoms with Crippen molar-refractivity contribution in [2.75, 3.05) is 19.7 Å². The Morgan fingerprint density at radius 2 is 2.06 bits per heavy atom. The van der Waals surface area contributed by atoms with Gasteiger partial charge in [0, 0.05) is 19.3 Å². The molecule has 3 atom stereocenters.